The van der Waals surface area contributed by atoms with Crippen LogP contribution in [0.2, 0.25) is 0 Å². The highest BCUT2D eigenvalue weighted by Crippen LogP contribution is 2.18. The first-order valence-corrected chi connectivity index (χ1v) is 7.37. The van der Waals surface area contributed by atoms with Crippen molar-refractivity contribution < 1.29 is 4.79 Å². The lowest BCUT2D eigenvalue weighted by Crippen LogP contribution is -2.55. The molecular formula is C18H20N2O. The first-order valence-electron chi connectivity index (χ1n) is 7.37. The molecule has 108 valence electrons. The lowest BCUT2D eigenvalue weighted by atomic mass is 9.96. The first kappa shape index (κ1) is 13.8. The van der Waals surface area contributed by atoms with Crippen LogP contribution in [-0.4, -0.2) is 18.5 Å². The molecule has 3 nitrogen and oxygen atoms in total. The zero-order valence-electron chi connectivity index (χ0n) is 12.2. The molecule has 3 heteroatoms. The van der Waals surface area contributed by atoms with E-state index in [1.165, 1.54) is 16.7 Å². The zero-order chi connectivity index (χ0) is 14.7. The Morgan fingerprint density at radius 3 is 2.52 bits per heavy atom. The fourth-order valence-corrected chi connectivity index (χ4v) is 2.81. The predicted molar refractivity (Wildman–Crippen MR) is 84.0 cm³/mol. The quantitative estimate of drug-likeness (QED) is 0.906. The molecule has 2 atom stereocenters. The van der Waals surface area contributed by atoms with Crippen LogP contribution in [0.25, 0.3) is 0 Å². The van der Waals surface area contributed by atoms with Crippen LogP contribution >= 0.6 is 0 Å². The molecule has 1 heterocycles. The van der Waals surface area contributed by atoms with Crippen molar-refractivity contribution in [1.29, 1.82) is 0 Å². The molecule has 0 saturated carbocycles. The van der Waals surface area contributed by atoms with E-state index in [0.29, 0.717) is 6.54 Å². The number of carbonyl (C=O) groups excluding carboxylic acids is 1. The highest BCUT2D eigenvalue weighted by atomic mass is 16.2. The molecule has 0 aromatic heterocycles. The maximum absolute atomic E-state index is 12.1. The van der Waals surface area contributed by atoms with Gasteiger partial charge < -0.3 is 5.32 Å². The molecule has 1 amide bonds. The van der Waals surface area contributed by atoms with E-state index in [1.807, 2.05) is 30.3 Å². The second-order valence-corrected chi connectivity index (χ2v) is 5.56. The van der Waals surface area contributed by atoms with Crippen molar-refractivity contribution in [3.63, 3.8) is 0 Å². The maximum Gasteiger partial charge on any atom is 0.237 e. The molecule has 1 saturated heterocycles. The molecule has 1 aliphatic rings. The summed E-state index contributed by atoms with van der Waals surface area (Å²) in [6, 6.07) is 18.5. The van der Waals surface area contributed by atoms with Gasteiger partial charge in [0.15, 0.2) is 0 Å². The van der Waals surface area contributed by atoms with Crippen molar-refractivity contribution in [2.24, 2.45) is 0 Å². The number of aryl methyl sites for hydroxylation is 1. The standard InChI is InChI=1S/C18H20N2O/c1-13-7-5-6-10-15(13)11-16-18(21)19-12-17(20-16)14-8-3-2-4-9-14/h2-10,16-17,20H,11-12H2,1H3,(H,19,21)/t16-,17+/m1/s1. The van der Waals surface area contributed by atoms with E-state index in [2.05, 4.69) is 41.8 Å². The van der Waals surface area contributed by atoms with Crippen LogP contribution in [0, 0.1) is 6.92 Å². The van der Waals surface area contributed by atoms with E-state index in [0.717, 1.165) is 6.42 Å². The van der Waals surface area contributed by atoms with Gasteiger partial charge in [-0.1, -0.05) is 54.6 Å². The number of benzene rings is 2. The first-order chi connectivity index (χ1) is 10.2. The van der Waals surface area contributed by atoms with E-state index in [9.17, 15) is 4.79 Å². The molecule has 0 spiro atoms. The van der Waals surface area contributed by atoms with Gasteiger partial charge in [0, 0.05) is 6.54 Å². The molecule has 2 N–H and O–H groups in total. The van der Waals surface area contributed by atoms with Crippen molar-refractivity contribution in [2.75, 3.05) is 6.54 Å². The molecule has 1 fully saturated rings. The molecular weight excluding hydrogens is 260 g/mol. The normalized spacial score (nSPS) is 21.9. The van der Waals surface area contributed by atoms with Crippen molar-refractivity contribution >= 4 is 5.91 Å². The van der Waals surface area contributed by atoms with Crippen LogP contribution in [-0.2, 0) is 11.2 Å². The largest absolute Gasteiger partial charge is 0.353 e. The molecule has 3 rings (SSSR count). The van der Waals surface area contributed by atoms with Crippen LogP contribution < -0.4 is 10.6 Å². The summed E-state index contributed by atoms with van der Waals surface area (Å²) in [6.45, 7) is 2.73. The Morgan fingerprint density at radius 2 is 1.76 bits per heavy atom. The van der Waals surface area contributed by atoms with Crippen LogP contribution in [0.15, 0.2) is 54.6 Å². The van der Waals surface area contributed by atoms with Crippen molar-refractivity contribution in [3.05, 3.63) is 71.3 Å². The summed E-state index contributed by atoms with van der Waals surface area (Å²) in [5, 5.41) is 6.50. The second-order valence-electron chi connectivity index (χ2n) is 5.56. The Hall–Kier alpha value is -2.13. The Labute approximate surface area is 125 Å². The molecule has 2 aromatic rings. The number of rotatable bonds is 3. The van der Waals surface area contributed by atoms with Gasteiger partial charge in [-0.2, -0.15) is 0 Å². The fraction of sp³-hybridized carbons (Fsp3) is 0.278. The summed E-state index contributed by atoms with van der Waals surface area (Å²) < 4.78 is 0. The minimum Gasteiger partial charge on any atom is -0.353 e. The number of piperazine rings is 1. The molecule has 21 heavy (non-hydrogen) atoms. The minimum absolute atomic E-state index is 0.0884. The van der Waals surface area contributed by atoms with E-state index in [4.69, 9.17) is 0 Å². The third-order valence-electron chi connectivity index (χ3n) is 4.09. The average molecular weight is 280 g/mol. The Kier molecular flexibility index (Phi) is 4.02. The number of amides is 1. The summed E-state index contributed by atoms with van der Waals surface area (Å²) in [5.74, 6) is 0.0884. The maximum atomic E-state index is 12.1. The van der Waals surface area contributed by atoms with Crippen LogP contribution in [0.1, 0.15) is 22.7 Å². The fourth-order valence-electron chi connectivity index (χ4n) is 2.81. The van der Waals surface area contributed by atoms with Crippen LogP contribution in [0.3, 0.4) is 0 Å². The van der Waals surface area contributed by atoms with E-state index in [-0.39, 0.29) is 18.0 Å². The van der Waals surface area contributed by atoms with Crippen molar-refractivity contribution in [1.82, 2.24) is 10.6 Å². The lowest BCUT2D eigenvalue weighted by molar-refractivity contribution is -0.125. The van der Waals surface area contributed by atoms with E-state index < -0.39 is 0 Å². The monoisotopic (exact) mass is 280 g/mol. The Balaban J connectivity index is 1.75. The number of carbonyl (C=O) groups is 1. The summed E-state index contributed by atoms with van der Waals surface area (Å²) in [4.78, 5) is 12.1. The van der Waals surface area contributed by atoms with Gasteiger partial charge in [0.25, 0.3) is 0 Å². The number of hydrogen-bond acceptors (Lipinski definition) is 2. The Bertz CT molecular complexity index is 624. The minimum atomic E-state index is -0.176. The Morgan fingerprint density at radius 1 is 1.05 bits per heavy atom. The van der Waals surface area contributed by atoms with Gasteiger partial charge >= 0.3 is 0 Å². The molecule has 2 aromatic carbocycles. The number of nitrogens with one attached hydrogen (secondary N) is 2. The van der Waals surface area contributed by atoms with Crippen molar-refractivity contribution in [3.8, 4) is 0 Å². The highest BCUT2D eigenvalue weighted by Gasteiger charge is 2.28. The molecule has 0 unspecified atom stereocenters. The molecule has 0 radical (unpaired) electrons. The second kappa shape index (κ2) is 6.10. The van der Waals surface area contributed by atoms with Gasteiger partial charge in [0.1, 0.15) is 0 Å². The van der Waals surface area contributed by atoms with E-state index in [1.54, 1.807) is 0 Å². The van der Waals surface area contributed by atoms with Gasteiger partial charge in [-0.05, 0) is 30.0 Å². The van der Waals surface area contributed by atoms with Gasteiger partial charge in [0.05, 0.1) is 12.1 Å². The summed E-state index contributed by atoms with van der Waals surface area (Å²) >= 11 is 0. The smallest absolute Gasteiger partial charge is 0.237 e. The van der Waals surface area contributed by atoms with Crippen LogP contribution in [0.4, 0.5) is 0 Å². The lowest BCUT2D eigenvalue weighted by Gasteiger charge is -2.31. The van der Waals surface area contributed by atoms with E-state index >= 15 is 0 Å². The van der Waals surface area contributed by atoms with Crippen LogP contribution in [0.5, 0.6) is 0 Å². The predicted octanol–water partition coefficient (Wildman–Crippen LogP) is 2.37. The molecule has 0 bridgehead atoms. The summed E-state index contributed by atoms with van der Waals surface area (Å²) in [5.41, 5.74) is 3.67. The zero-order valence-corrected chi connectivity index (χ0v) is 12.2. The summed E-state index contributed by atoms with van der Waals surface area (Å²) in [6.07, 6.45) is 0.724. The third kappa shape index (κ3) is 3.14. The van der Waals surface area contributed by atoms with Crippen molar-refractivity contribution in [2.45, 2.75) is 25.4 Å². The van der Waals surface area contributed by atoms with Gasteiger partial charge in [-0.25, -0.2) is 0 Å². The topological polar surface area (TPSA) is 41.1 Å². The molecule has 0 aliphatic carbocycles. The SMILES string of the molecule is Cc1ccccc1C[C@H]1N[C@H](c2ccccc2)CNC1=O. The van der Waals surface area contributed by atoms with Gasteiger partial charge in [-0.15, -0.1) is 0 Å². The van der Waals surface area contributed by atoms with Gasteiger partial charge in [-0.3, -0.25) is 10.1 Å². The summed E-state index contributed by atoms with van der Waals surface area (Å²) in [7, 11) is 0. The average Bonchev–Trinajstić information content (AvgIpc) is 2.52. The third-order valence-corrected chi connectivity index (χ3v) is 4.09. The molecule has 1 aliphatic heterocycles. The highest BCUT2D eigenvalue weighted by molar-refractivity contribution is 5.83. The number of hydrogen-bond donors (Lipinski definition) is 2. The van der Waals surface area contributed by atoms with Gasteiger partial charge in [0.2, 0.25) is 5.91 Å².